The summed E-state index contributed by atoms with van der Waals surface area (Å²) in [5.74, 6) is 2.67. The average Bonchev–Trinajstić information content (AvgIpc) is 3.21. The number of ether oxygens (including phenoxy) is 2. The van der Waals surface area contributed by atoms with Gasteiger partial charge in [-0.1, -0.05) is 91.0 Å². The van der Waals surface area contributed by atoms with E-state index in [1.54, 1.807) is 0 Å². The first kappa shape index (κ1) is 33.8. The first-order valence-corrected chi connectivity index (χ1v) is 17.2. The zero-order valence-corrected chi connectivity index (χ0v) is 30.6. The topological polar surface area (TPSA) is 47.5 Å². The molecule has 0 amide bonds. The van der Waals surface area contributed by atoms with E-state index in [2.05, 4.69) is 71.6 Å². The van der Waals surface area contributed by atoms with Crippen molar-refractivity contribution in [2.45, 2.75) is 5.41 Å². The van der Waals surface area contributed by atoms with E-state index in [9.17, 15) is 0 Å². The molecule has 0 spiro atoms. The zero-order chi connectivity index (χ0) is 34.7. The third kappa shape index (κ3) is 6.30. The number of anilines is 3. The first-order valence-electron chi connectivity index (χ1n) is 17.2. The molecule has 0 atom stereocenters. The van der Waals surface area contributed by atoms with Gasteiger partial charge in [0.05, 0.1) is 11.1 Å². The fourth-order valence-electron chi connectivity index (χ4n) is 7.09. The van der Waals surface area contributed by atoms with Crippen molar-refractivity contribution in [3.8, 4) is 34.3 Å². The molecule has 256 valence electrons. The number of fused-ring (bicyclic) bond motifs is 2. The van der Waals surface area contributed by atoms with Crippen molar-refractivity contribution < 1.29 is 30.5 Å². The van der Waals surface area contributed by atoms with Crippen molar-refractivity contribution >= 4 is 17.1 Å². The number of nitrogens with zero attached hydrogens (tertiary/aromatic N) is 3. The van der Waals surface area contributed by atoms with Gasteiger partial charge in [0.1, 0.15) is 11.5 Å². The largest absolute Gasteiger partial charge is 2.00 e. The van der Waals surface area contributed by atoms with Crippen LogP contribution in [-0.2, 0) is 26.5 Å². The molecule has 0 radical (unpaired) electrons. The van der Waals surface area contributed by atoms with Gasteiger partial charge in [-0.25, -0.2) is 0 Å². The van der Waals surface area contributed by atoms with Crippen LogP contribution in [0.2, 0.25) is 0 Å². The molecule has 6 aromatic carbocycles. The van der Waals surface area contributed by atoms with E-state index in [0.29, 0.717) is 11.5 Å². The van der Waals surface area contributed by atoms with Crippen LogP contribution in [0.4, 0.5) is 17.1 Å². The summed E-state index contributed by atoms with van der Waals surface area (Å²) in [6, 6.07) is 66.1. The number of hydrogen-bond donors (Lipinski definition) is 0. The second-order valence-electron chi connectivity index (χ2n) is 12.4. The van der Waals surface area contributed by atoms with Crippen LogP contribution < -0.4 is 14.4 Å². The van der Waals surface area contributed by atoms with Gasteiger partial charge < -0.3 is 19.4 Å². The molecular weight excluding hydrogens is 834 g/mol. The summed E-state index contributed by atoms with van der Waals surface area (Å²) in [6.07, 6.45) is 3.67. The summed E-state index contributed by atoms with van der Waals surface area (Å²) < 4.78 is 13.0. The van der Waals surface area contributed by atoms with Gasteiger partial charge in [-0.2, -0.15) is 12.1 Å². The van der Waals surface area contributed by atoms with Crippen LogP contribution in [0.15, 0.2) is 188 Å². The van der Waals surface area contributed by atoms with Crippen molar-refractivity contribution in [1.82, 2.24) is 9.97 Å². The summed E-state index contributed by atoms with van der Waals surface area (Å²) in [7, 11) is 0. The predicted molar refractivity (Wildman–Crippen MR) is 205 cm³/mol. The van der Waals surface area contributed by atoms with E-state index in [1.807, 2.05) is 134 Å². The quantitative estimate of drug-likeness (QED) is 0.142. The number of aromatic nitrogens is 2. The van der Waals surface area contributed by atoms with Gasteiger partial charge in [-0.15, -0.1) is 41.5 Å². The van der Waals surface area contributed by atoms with Gasteiger partial charge in [0.2, 0.25) is 0 Å². The average molecular weight is 865 g/mol. The Morgan fingerprint density at radius 1 is 0.509 bits per heavy atom. The van der Waals surface area contributed by atoms with Crippen LogP contribution in [-0.4, -0.2) is 9.97 Å². The molecule has 3 heterocycles. The molecule has 0 bridgehead atoms. The molecule has 1 aliphatic heterocycles. The summed E-state index contributed by atoms with van der Waals surface area (Å²) in [5.41, 5.74) is 7.62. The Labute approximate surface area is 323 Å². The molecule has 0 unspecified atom stereocenters. The van der Waals surface area contributed by atoms with Gasteiger partial charge in [0, 0.05) is 52.1 Å². The summed E-state index contributed by atoms with van der Waals surface area (Å²) in [4.78, 5) is 11.9. The van der Waals surface area contributed by atoms with E-state index in [0.717, 1.165) is 62.2 Å². The Hall–Kier alpha value is -6.29. The molecule has 0 aliphatic carbocycles. The number of pyridine rings is 2. The van der Waals surface area contributed by atoms with Gasteiger partial charge in [-0.05, 0) is 60.3 Å². The molecule has 2 aromatic heterocycles. The van der Waals surface area contributed by atoms with Crippen LogP contribution >= 0.6 is 0 Å². The van der Waals surface area contributed by atoms with E-state index in [1.165, 1.54) is 0 Å². The van der Waals surface area contributed by atoms with E-state index in [-0.39, 0.29) is 21.1 Å². The fraction of sp³-hybridized carbons (Fsp3) is 0.0213. The maximum Gasteiger partial charge on any atom is 2.00 e. The minimum atomic E-state index is -0.800. The third-order valence-corrected chi connectivity index (χ3v) is 9.32. The molecule has 8 aromatic rings. The molecule has 53 heavy (non-hydrogen) atoms. The summed E-state index contributed by atoms with van der Waals surface area (Å²) in [5, 5.41) is 0. The van der Waals surface area contributed by atoms with Crippen molar-refractivity contribution in [3.05, 3.63) is 223 Å². The zero-order valence-electron chi connectivity index (χ0n) is 28.4. The minimum Gasteiger partial charge on any atom is -0.503 e. The molecule has 6 heteroatoms. The van der Waals surface area contributed by atoms with E-state index in [4.69, 9.17) is 19.4 Å². The molecular formula is C47H31N3O2Pt. The van der Waals surface area contributed by atoms with Crippen molar-refractivity contribution in [1.29, 1.82) is 0 Å². The van der Waals surface area contributed by atoms with Crippen LogP contribution in [0.1, 0.15) is 22.4 Å². The normalized spacial score (nSPS) is 12.3. The maximum absolute atomic E-state index is 6.54. The first-order chi connectivity index (χ1) is 25.8. The Balaban J connectivity index is 0.00000400. The monoisotopic (exact) mass is 864 g/mol. The number of para-hydroxylation sites is 4. The van der Waals surface area contributed by atoms with Crippen molar-refractivity contribution in [2.75, 3.05) is 4.90 Å². The molecule has 1 aliphatic rings. The summed E-state index contributed by atoms with van der Waals surface area (Å²) in [6.45, 7) is 0. The Morgan fingerprint density at radius 3 is 1.77 bits per heavy atom. The second-order valence-corrected chi connectivity index (χ2v) is 12.4. The third-order valence-electron chi connectivity index (χ3n) is 9.32. The van der Waals surface area contributed by atoms with Gasteiger partial charge in [-0.3, -0.25) is 4.98 Å². The van der Waals surface area contributed by atoms with E-state index >= 15 is 0 Å². The Kier molecular flexibility index (Phi) is 9.41. The van der Waals surface area contributed by atoms with Crippen LogP contribution in [0.5, 0.6) is 23.0 Å². The standard InChI is InChI=1S/C47H31N3O2.Pt/c1-3-17-36(18-4-1)50(37-19-5-2-6-20-37)38-28-30-48-43(33-38)34-15-13-21-39(31-34)51-40-22-14-16-35(32-40)47(46-27-11-12-29-49-46)41-23-7-9-25-44(41)52-45-26-10-8-24-42(45)47;/h1-30,33H;/q-2;+2. The smallest absolute Gasteiger partial charge is 0.503 e. The van der Waals surface area contributed by atoms with Gasteiger partial charge in [0.15, 0.2) is 0 Å². The van der Waals surface area contributed by atoms with E-state index < -0.39 is 5.41 Å². The van der Waals surface area contributed by atoms with Gasteiger partial charge in [0.25, 0.3) is 0 Å². The summed E-state index contributed by atoms with van der Waals surface area (Å²) >= 11 is 0. The van der Waals surface area contributed by atoms with Crippen LogP contribution in [0, 0.1) is 12.1 Å². The molecule has 9 rings (SSSR count). The van der Waals surface area contributed by atoms with Gasteiger partial charge >= 0.3 is 21.1 Å². The molecule has 0 saturated carbocycles. The molecule has 0 saturated heterocycles. The second kappa shape index (κ2) is 14.7. The Bertz CT molecular complexity index is 2410. The molecule has 0 N–H and O–H groups in total. The minimum absolute atomic E-state index is 0. The van der Waals surface area contributed by atoms with Crippen LogP contribution in [0.25, 0.3) is 11.3 Å². The maximum atomic E-state index is 6.54. The SMILES string of the molecule is [Pt+2].[c-]1c(Oc2[c-]c(C3(c4ccccn4)c4ccccc4Oc4ccccc43)ccc2)cccc1-c1cc(N(c2ccccc2)c2ccccc2)ccn1. The number of rotatable bonds is 8. The number of benzene rings is 6. The molecule has 5 nitrogen and oxygen atoms in total. The van der Waals surface area contributed by atoms with Crippen molar-refractivity contribution in [3.63, 3.8) is 0 Å². The fourth-order valence-corrected chi connectivity index (χ4v) is 7.09. The predicted octanol–water partition coefficient (Wildman–Crippen LogP) is 11.5. The van der Waals surface area contributed by atoms with Crippen molar-refractivity contribution in [2.24, 2.45) is 0 Å². The Morgan fingerprint density at radius 2 is 1.11 bits per heavy atom. The molecule has 0 fully saturated rings. The van der Waals surface area contributed by atoms with Crippen LogP contribution in [0.3, 0.4) is 0 Å². The number of hydrogen-bond acceptors (Lipinski definition) is 5.